The Hall–Kier alpha value is -2.11. The molecule has 0 fully saturated rings. The summed E-state index contributed by atoms with van der Waals surface area (Å²) in [7, 11) is 0. The molecule has 1 aromatic heterocycles. The molecule has 0 spiro atoms. The highest BCUT2D eigenvalue weighted by Gasteiger charge is 2.09. The number of nitrogens with two attached hydrogens (primary N) is 1. The number of nitrogens with one attached hydrogen (secondary N) is 2. The standard InChI is InChI=1S/C10H13N3O3/c1-6-4-8(14)7(5-13-6)10(16)12-3-2-9(11)15/h4-5H,2-3H2,1H3,(H2,11,15)(H,12,16)(H,13,14). The lowest BCUT2D eigenvalue weighted by Crippen LogP contribution is -2.31. The van der Waals surface area contributed by atoms with Gasteiger partial charge < -0.3 is 16.0 Å². The van der Waals surface area contributed by atoms with Crippen LogP contribution >= 0.6 is 0 Å². The summed E-state index contributed by atoms with van der Waals surface area (Å²) >= 11 is 0. The van der Waals surface area contributed by atoms with Crippen molar-refractivity contribution in [3.63, 3.8) is 0 Å². The molecule has 16 heavy (non-hydrogen) atoms. The number of carbonyl (C=O) groups is 2. The normalized spacial score (nSPS) is 9.81. The molecule has 1 rings (SSSR count). The van der Waals surface area contributed by atoms with Gasteiger partial charge in [-0.3, -0.25) is 14.4 Å². The van der Waals surface area contributed by atoms with Crippen LogP contribution in [-0.4, -0.2) is 23.3 Å². The molecule has 0 bridgehead atoms. The van der Waals surface area contributed by atoms with Crippen molar-refractivity contribution >= 4 is 11.8 Å². The Bertz CT molecular complexity index is 465. The topological polar surface area (TPSA) is 105 Å². The van der Waals surface area contributed by atoms with Crippen LogP contribution in [0.25, 0.3) is 0 Å². The fraction of sp³-hybridized carbons (Fsp3) is 0.300. The molecule has 0 unspecified atom stereocenters. The summed E-state index contributed by atoms with van der Waals surface area (Å²) in [6.45, 7) is 1.84. The van der Waals surface area contributed by atoms with Gasteiger partial charge in [-0.05, 0) is 6.92 Å². The van der Waals surface area contributed by atoms with E-state index in [1.807, 2.05) is 0 Å². The molecule has 0 aliphatic heterocycles. The average Bonchev–Trinajstić information content (AvgIpc) is 2.16. The summed E-state index contributed by atoms with van der Waals surface area (Å²) in [5.41, 5.74) is 5.26. The predicted molar refractivity (Wildman–Crippen MR) is 57.9 cm³/mol. The largest absolute Gasteiger partial charge is 0.370 e. The van der Waals surface area contributed by atoms with Crippen molar-refractivity contribution in [3.8, 4) is 0 Å². The number of primary amides is 1. The number of hydrogen-bond acceptors (Lipinski definition) is 3. The van der Waals surface area contributed by atoms with Crippen LogP contribution in [0, 0.1) is 6.92 Å². The van der Waals surface area contributed by atoms with Crippen molar-refractivity contribution in [2.75, 3.05) is 6.54 Å². The van der Waals surface area contributed by atoms with Crippen LogP contribution in [0.15, 0.2) is 17.1 Å². The van der Waals surface area contributed by atoms with Crippen LogP contribution in [-0.2, 0) is 4.79 Å². The van der Waals surface area contributed by atoms with Crippen molar-refractivity contribution in [2.45, 2.75) is 13.3 Å². The van der Waals surface area contributed by atoms with Crippen molar-refractivity contribution in [1.82, 2.24) is 10.3 Å². The number of pyridine rings is 1. The molecule has 2 amide bonds. The van der Waals surface area contributed by atoms with E-state index in [1.54, 1.807) is 6.92 Å². The molecular formula is C10H13N3O3. The maximum absolute atomic E-state index is 11.5. The lowest BCUT2D eigenvalue weighted by atomic mass is 10.2. The molecule has 6 nitrogen and oxygen atoms in total. The summed E-state index contributed by atoms with van der Waals surface area (Å²) in [5.74, 6) is -1.01. The smallest absolute Gasteiger partial charge is 0.256 e. The van der Waals surface area contributed by atoms with Crippen LogP contribution in [0.5, 0.6) is 0 Å². The zero-order valence-corrected chi connectivity index (χ0v) is 8.87. The molecule has 1 heterocycles. The molecule has 0 saturated carbocycles. The van der Waals surface area contributed by atoms with Gasteiger partial charge in [-0.1, -0.05) is 0 Å². The SMILES string of the molecule is Cc1cc(=O)c(C(=O)NCCC(N)=O)c[nH]1. The Morgan fingerprint density at radius 2 is 2.19 bits per heavy atom. The lowest BCUT2D eigenvalue weighted by molar-refractivity contribution is -0.117. The van der Waals surface area contributed by atoms with Gasteiger partial charge in [0.1, 0.15) is 5.56 Å². The summed E-state index contributed by atoms with van der Waals surface area (Å²) in [6, 6.07) is 1.34. The lowest BCUT2D eigenvalue weighted by Gasteiger charge is -2.03. The van der Waals surface area contributed by atoms with Crippen LogP contribution in [0.4, 0.5) is 0 Å². The molecular weight excluding hydrogens is 210 g/mol. The highest BCUT2D eigenvalue weighted by molar-refractivity contribution is 5.93. The van der Waals surface area contributed by atoms with Gasteiger partial charge >= 0.3 is 0 Å². The molecule has 0 radical (unpaired) electrons. The van der Waals surface area contributed by atoms with Crippen molar-refractivity contribution < 1.29 is 9.59 Å². The maximum Gasteiger partial charge on any atom is 0.256 e. The zero-order chi connectivity index (χ0) is 12.1. The van der Waals surface area contributed by atoms with Crippen molar-refractivity contribution in [1.29, 1.82) is 0 Å². The number of aryl methyl sites for hydroxylation is 1. The van der Waals surface area contributed by atoms with E-state index in [0.717, 1.165) is 0 Å². The Labute approximate surface area is 91.9 Å². The van der Waals surface area contributed by atoms with E-state index in [4.69, 9.17) is 5.73 Å². The number of hydrogen-bond donors (Lipinski definition) is 3. The molecule has 0 atom stereocenters. The first-order valence-corrected chi connectivity index (χ1v) is 4.76. The fourth-order valence-corrected chi connectivity index (χ4v) is 1.15. The third-order valence-electron chi connectivity index (χ3n) is 1.96. The maximum atomic E-state index is 11.5. The molecule has 0 aliphatic carbocycles. The second-order valence-electron chi connectivity index (χ2n) is 3.37. The summed E-state index contributed by atoms with van der Waals surface area (Å²) in [4.78, 5) is 36.1. The molecule has 86 valence electrons. The van der Waals surface area contributed by atoms with Gasteiger partial charge in [0.15, 0.2) is 5.43 Å². The minimum atomic E-state index is -0.512. The summed E-state index contributed by atoms with van der Waals surface area (Å²) < 4.78 is 0. The summed E-state index contributed by atoms with van der Waals surface area (Å²) in [6.07, 6.45) is 1.40. The van der Waals surface area contributed by atoms with E-state index in [9.17, 15) is 14.4 Å². The van der Waals surface area contributed by atoms with Crippen molar-refractivity contribution in [2.24, 2.45) is 5.73 Å². The van der Waals surface area contributed by atoms with Gasteiger partial charge in [0.2, 0.25) is 5.91 Å². The Morgan fingerprint density at radius 1 is 1.50 bits per heavy atom. The third-order valence-corrected chi connectivity index (χ3v) is 1.96. The number of amides is 2. The van der Waals surface area contributed by atoms with Crippen molar-refractivity contribution in [3.05, 3.63) is 33.7 Å². The highest BCUT2D eigenvalue weighted by atomic mass is 16.2. The first kappa shape index (κ1) is 12.0. The first-order chi connectivity index (χ1) is 7.50. The molecule has 0 aliphatic rings. The van der Waals surface area contributed by atoms with Gasteiger partial charge in [-0.2, -0.15) is 0 Å². The van der Waals surface area contributed by atoms with Gasteiger partial charge in [-0.15, -0.1) is 0 Å². The Balaban J connectivity index is 2.66. The Kier molecular flexibility index (Phi) is 3.82. The van der Waals surface area contributed by atoms with Gasteiger partial charge in [0.25, 0.3) is 5.91 Å². The molecule has 0 saturated heterocycles. The quantitative estimate of drug-likeness (QED) is 0.627. The minimum Gasteiger partial charge on any atom is -0.370 e. The van der Waals surface area contributed by atoms with E-state index in [2.05, 4.69) is 10.3 Å². The molecule has 0 aromatic carbocycles. The molecule has 6 heteroatoms. The van der Waals surface area contributed by atoms with Crippen LogP contribution < -0.4 is 16.5 Å². The predicted octanol–water partition coefficient (Wildman–Crippen LogP) is -0.711. The Morgan fingerprint density at radius 3 is 2.75 bits per heavy atom. The summed E-state index contributed by atoms with van der Waals surface area (Å²) in [5, 5.41) is 2.43. The van der Waals surface area contributed by atoms with Gasteiger partial charge in [0.05, 0.1) is 0 Å². The second-order valence-corrected chi connectivity index (χ2v) is 3.37. The van der Waals surface area contributed by atoms with Crippen LogP contribution in [0.2, 0.25) is 0 Å². The highest BCUT2D eigenvalue weighted by Crippen LogP contribution is 1.92. The number of H-pyrrole nitrogens is 1. The van der Waals surface area contributed by atoms with E-state index in [-0.39, 0.29) is 24.0 Å². The van der Waals surface area contributed by atoms with E-state index < -0.39 is 11.8 Å². The number of rotatable bonds is 4. The number of aromatic amines is 1. The zero-order valence-electron chi connectivity index (χ0n) is 8.87. The van der Waals surface area contributed by atoms with Crippen LogP contribution in [0.3, 0.4) is 0 Å². The number of carbonyl (C=O) groups excluding carboxylic acids is 2. The van der Waals surface area contributed by atoms with Crippen LogP contribution in [0.1, 0.15) is 22.5 Å². The van der Waals surface area contributed by atoms with Gasteiger partial charge in [-0.25, -0.2) is 0 Å². The second kappa shape index (κ2) is 5.11. The third kappa shape index (κ3) is 3.23. The van der Waals surface area contributed by atoms with E-state index >= 15 is 0 Å². The molecule has 4 N–H and O–H groups in total. The molecule has 1 aromatic rings. The fourth-order valence-electron chi connectivity index (χ4n) is 1.15. The number of aromatic nitrogens is 1. The van der Waals surface area contributed by atoms with E-state index in [1.165, 1.54) is 12.3 Å². The monoisotopic (exact) mass is 223 g/mol. The average molecular weight is 223 g/mol. The van der Waals surface area contributed by atoms with Gasteiger partial charge in [0, 0.05) is 30.9 Å². The van der Waals surface area contributed by atoms with E-state index in [0.29, 0.717) is 5.69 Å². The minimum absolute atomic E-state index is 0.0232. The first-order valence-electron chi connectivity index (χ1n) is 4.76.